The van der Waals surface area contributed by atoms with E-state index in [-0.39, 0.29) is 5.56 Å². The number of carbonyl (C=O) groups excluding carboxylic acids is 1. The van der Waals surface area contributed by atoms with Crippen molar-refractivity contribution in [3.63, 3.8) is 0 Å². The summed E-state index contributed by atoms with van der Waals surface area (Å²) in [5.41, 5.74) is 1.05. The van der Waals surface area contributed by atoms with Crippen LogP contribution in [-0.2, 0) is 0 Å². The van der Waals surface area contributed by atoms with Crippen LogP contribution in [0.25, 0.3) is 0 Å². The Labute approximate surface area is 121 Å². The summed E-state index contributed by atoms with van der Waals surface area (Å²) < 4.78 is 39.6. The molecular weight excluding hydrogens is 335 g/mol. The molecule has 0 aliphatic heterocycles. The maximum atomic E-state index is 13.1. The predicted octanol–water partition coefficient (Wildman–Crippen LogP) is 4.43. The third kappa shape index (κ3) is 2.85. The minimum Gasteiger partial charge on any atom is -0.321 e. The summed E-state index contributed by atoms with van der Waals surface area (Å²) in [5, 5.41) is 2.50. The van der Waals surface area contributed by atoms with E-state index in [1.807, 2.05) is 13.0 Å². The number of amides is 1. The first-order valence-electron chi connectivity index (χ1n) is 5.61. The quantitative estimate of drug-likeness (QED) is 0.803. The van der Waals surface area contributed by atoms with E-state index in [1.54, 1.807) is 12.1 Å². The molecular formula is C14H9BrF3NO. The minimum absolute atomic E-state index is 0.296. The van der Waals surface area contributed by atoms with Gasteiger partial charge in [0.15, 0.2) is 17.5 Å². The zero-order valence-corrected chi connectivity index (χ0v) is 11.9. The lowest BCUT2D eigenvalue weighted by molar-refractivity contribution is 0.102. The summed E-state index contributed by atoms with van der Waals surface area (Å²) in [6.45, 7) is 1.83. The van der Waals surface area contributed by atoms with E-state index in [4.69, 9.17) is 0 Å². The van der Waals surface area contributed by atoms with Crippen molar-refractivity contribution in [2.75, 3.05) is 5.32 Å². The van der Waals surface area contributed by atoms with Gasteiger partial charge in [-0.15, -0.1) is 0 Å². The third-order valence-electron chi connectivity index (χ3n) is 2.69. The molecule has 0 atom stereocenters. The van der Waals surface area contributed by atoms with Crippen LogP contribution < -0.4 is 5.32 Å². The van der Waals surface area contributed by atoms with Gasteiger partial charge in [0.2, 0.25) is 0 Å². The van der Waals surface area contributed by atoms with Crippen LogP contribution in [-0.4, -0.2) is 5.91 Å². The number of nitrogens with one attached hydrogen (secondary N) is 1. The monoisotopic (exact) mass is 343 g/mol. The zero-order valence-electron chi connectivity index (χ0n) is 10.3. The molecule has 0 radical (unpaired) electrons. The van der Waals surface area contributed by atoms with Crippen LogP contribution in [0.2, 0.25) is 0 Å². The normalized spacial score (nSPS) is 10.4. The van der Waals surface area contributed by atoms with Crippen molar-refractivity contribution < 1.29 is 18.0 Å². The van der Waals surface area contributed by atoms with E-state index < -0.39 is 23.4 Å². The number of hydrogen-bond donors (Lipinski definition) is 1. The van der Waals surface area contributed by atoms with E-state index in [0.29, 0.717) is 22.3 Å². The molecule has 104 valence electrons. The minimum atomic E-state index is -1.60. The van der Waals surface area contributed by atoms with Crippen LogP contribution in [0.5, 0.6) is 0 Å². The summed E-state index contributed by atoms with van der Waals surface area (Å²) in [7, 11) is 0. The fraction of sp³-hybridized carbons (Fsp3) is 0.0714. The largest absolute Gasteiger partial charge is 0.321 e. The average molecular weight is 344 g/mol. The summed E-state index contributed by atoms with van der Waals surface area (Å²) >= 11 is 3.30. The molecule has 1 amide bonds. The molecule has 0 fully saturated rings. The van der Waals surface area contributed by atoms with Crippen LogP contribution in [0.15, 0.2) is 34.8 Å². The zero-order chi connectivity index (χ0) is 14.9. The lowest BCUT2D eigenvalue weighted by Crippen LogP contribution is -2.13. The van der Waals surface area contributed by atoms with Gasteiger partial charge < -0.3 is 5.32 Å². The van der Waals surface area contributed by atoms with Crippen molar-refractivity contribution >= 4 is 27.5 Å². The fourth-order valence-electron chi connectivity index (χ4n) is 1.63. The van der Waals surface area contributed by atoms with Crippen molar-refractivity contribution in [3.05, 3.63) is 63.4 Å². The number of carbonyl (C=O) groups is 1. The maximum absolute atomic E-state index is 13.1. The van der Waals surface area contributed by atoms with E-state index in [9.17, 15) is 18.0 Å². The second kappa shape index (κ2) is 5.66. The molecule has 2 aromatic carbocycles. The molecule has 0 saturated heterocycles. The van der Waals surface area contributed by atoms with Gasteiger partial charge in [-0.05, 0) is 46.6 Å². The van der Waals surface area contributed by atoms with E-state index in [2.05, 4.69) is 21.2 Å². The van der Waals surface area contributed by atoms with Gasteiger partial charge in [-0.3, -0.25) is 4.79 Å². The van der Waals surface area contributed by atoms with Crippen molar-refractivity contribution in [1.82, 2.24) is 0 Å². The van der Waals surface area contributed by atoms with Crippen molar-refractivity contribution in [3.8, 4) is 0 Å². The molecule has 2 nitrogen and oxygen atoms in total. The van der Waals surface area contributed by atoms with Crippen molar-refractivity contribution in [2.45, 2.75) is 6.92 Å². The smallest absolute Gasteiger partial charge is 0.255 e. The first kappa shape index (κ1) is 14.6. The fourth-order valence-corrected chi connectivity index (χ4v) is 1.99. The molecule has 0 unspecified atom stereocenters. The molecule has 0 spiro atoms. The van der Waals surface area contributed by atoms with Gasteiger partial charge in [0.1, 0.15) is 0 Å². The highest BCUT2D eigenvalue weighted by molar-refractivity contribution is 9.10. The summed E-state index contributed by atoms with van der Waals surface area (Å²) in [4.78, 5) is 11.9. The molecule has 0 bridgehead atoms. The average Bonchev–Trinajstić information content (AvgIpc) is 2.40. The van der Waals surface area contributed by atoms with Crippen LogP contribution in [0.4, 0.5) is 18.9 Å². The molecule has 0 aliphatic rings. The van der Waals surface area contributed by atoms with E-state index in [0.717, 1.165) is 5.56 Å². The van der Waals surface area contributed by atoms with Gasteiger partial charge >= 0.3 is 0 Å². The van der Waals surface area contributed by atoms with E-state index in [1.165, 1.54) is 0 Å². The highest BCUT2D eigenvalue weighted by Crippen LogP contribution is 2.26. The standard InChI is InChI=1S/C14H9BrF3NO/c1-7-3-2-4-11(12(7)15)19-14(20)8-5-9(16)13(18)10(17)6-8/h2-6H,1H3,(H,19,20). The molecule has 0 heterocycles. The Balaban J connectivity index is 2.31. The SMILES string of the molecule is Cc1cccc(NC(=O)c2cc(F)c(F)c(F)c2)c1Br. The van der Waals surface area contributed by atoms with Gasteiger partial charge in [-0.1, -0.05) is 12.1 Å². The predicted molar refractivity (Wildman–Crippen MR) is 73.1 cm³/mol. The summed E-state index contributed by atoms with van der Waals surface area (Å²) in [5.74, 6) is -5.13. The van der Waals surface area contributed by atoms with Crippen LogP contribution in [0, 0.1) is 24.4 Å². The number of benzene rings is 2. The maximum Gasteiger partial charge on any atom is 0.255 e. The Bertz CT molecular complexity index is 665. The van der Waals surface area contributed by atoms with Crippen molar-refractivity contribution in [2.24, 2.45) is 0 Å². The second-order valence-electron chi connectivity index (χ2n) is 4.14. The Morgan fingerprint density at radius 2 is 1.75 bits per heavy atom. The number of halogens is 4. The molecule has 20 heavy (non-hydrogen) atoms. The molecule has 0 saturated carbocycles. The summed E-state index contributed by atoms with van der Waals surface area (Å²) in [6.07, 6.45) is 0. The van der Waals surface area contributed by atoms with Crippen LogP contribution in [0.1, 0.15) is 15.9 Å². The Hall–Kier alpha value is -1.82. The Morgan fingerprint density at radius 1 is 1.15 bits per heavy atom. The van der Waals surface area contributed by atoms with Gasteiger partial charge in [0.05, 0.1) is 5.69 Å². The molecule has 6 heteroatoms. The second-order valence-corrected chi connectivity index (χ2v) is 4.94. The number of rotatable bonds is 2. The van der Waals surface area contributed by atoms with Gasteiger partial charge in [0, 0.05) is 10.0 Å². The topological polar surface area (TPSA) is 29.1 Å². The molecule has 2 aromatic rings. The lowest BCUT2D eigenvalue weighted by atomic mass is 10.1. The van der Waals surface area contributed by atoms with E-state index >= 15 is 0 Å². The molecule has 0 aliphatic carbocycles. The van der Waals surface area contributed by atoms with Gasteiger partial charge in [-0.25, -0.2) is 13.2 Å². The van der Waals surface area contributed by atoms with Crippen LogP contribution >= 0.6 is 15.9 Å². The first-order valence-corrected chi connectivity index (χ1v) is 6.40. The molecule has 2 rings (SSSR count). The van der Waals surface area contributed by atoms with Gasteiger partial charge in [-0.2, -0.15) is 0 Å². The lowest BCUT2D eigenvalue weighted by Gasteiger charge is -2.09. The number of hydrogen-bond acceptors (Lipinski definition) is 1. The van der Waals surface area contributed by atoms with Crippen LogP contribution in [0.3, 0.4) is 0 Å². The number of anilines is 1. The molecule has 1 N–H and O–H groups in total. The Kier molecular flexibility index (Phi) is 4.13. The van der Waals surface area contributed by atoms with Crippen molar-refractivity contribution in [1.29, 1.82) is 0 Å². The third-order valence-corrected chi connectivity index (χ3v) is 3.74. The van der Waals surface area contributed by atoms with Gasteiger partial charge in [0.25, 0.3) is 5.91 Å². The number of aryl methyl sites for hydroxylation is 1. The molecule has 0 aromatic heterocycles. The summed E-state index contributed by atoms with van der Waals surface area (Å²) in [6, 6.07) is 6.48. The Morgan fingerprint density at radius 3 is 2.35 bits per heavy atom. The first-order chi connectivity index (χ1) is 9.40. The highest BCUT2D eigenvalue weighted by Gasteiger charge is 2.16. The highest BCUT2D eigenvalue weighted by atomic mass is 79.9.